The van der Waals surface area contributed by atoms with Crippen molar-refractivity contribution >= 4 is 5.91 Å². The zero-order chi connectivity index (χ0) is 14.7. The van der Waals surface area contributed by atoms with Crippen LogP contribution in [0.5, 0.6) is 0 Å². The van der Waals surface area contributed by atoms with Crippen molar-refractivity contribution < 1.29 is 4.79 Å². The maximum Gasteiger partial charge on any atom is 0.276 e. The molecule has 3 rings (SSSR count). The number of para-hydroxylation sites is 1. The van der Waals surface area contributed by atoms with Gasteiger partial charge in [0.05, 0.1) is 11.9 Å². The Hall–Kier alpha value is -2.21. The van der Waals surface area contributed by atoms with E-state index >= 15 is 0 Å². The SMILES string of the molecule is CCN(C(=O)c1cnn(-c2ccccc2)n1)C1CCNC1. The van der Waals surface area contributed by atoms with E-state index in [1.54, 1.807) is 6.20 Å². The lowest BCUT2D eigenvalue weighted by atomic mass is 10.2. The monoisotopic (exact) mass is 285 g/mol. The molecule has 0 aliphatic carbocycles. The van der Waals surface area contributed by atoms with Gasteiger partial charge in [0.2, 0.25) is 0 Å². The Morgan fingerprint density at radius 2 is 2.24 bits per heavy atom. The van der Waals surface area contributed by atoms with E-state index in [4.69, 9.17) is 0 Å². The number of carbonyl (C=O) groups is 1. The molecule has 2 aromatic rings. The molecule has 1 unspecified atom stereocenters. The number of rotatable bonds is 4. The summed E-state index contributed by atoms with van der Waals surface area (Å²) in [4.78, 5) is 16.0. The minimum atomic E-state index is -0.0478. The van der Waals surface area contributed by atoms with Crippen molar-refractivity contribution in [2.75, 3.05) is 19.6 Å². The maximum atomic E-state index is 12.6. The van der Waals surface area contributed by atoms with E-state index in [-0.39, 0.29) is 11.9 Å². The molecule has 1 amide bonds. The van der Waals surface area contributed by atoms with Crippen molar-refractivity contribution in [1.82, 2.24) is 25.2 Å². The van der Waals surface area contributed by atoms with Crippen molar-refractivity contribution in [2.45, 2.75) is 19.4 Å². The lowest BCUT2D eigenvalue weighted by molar-refractivity contribution is 0.0697. The van der Waals surface area contributed by atoms with Gasteiger partial charge < -0.3 is 10.2 Å². The van der Waals surface area contributed by atoms with Crippen LogP contribution in [0.15, 0.2) is 36.5 Å². The van der Waals surface area contributed by atoms with Gasteiger partial charge in [0.1, 0.15) is 0 Å². The number of nitrogens with one attached hydrogen (secondary N) is 1. The average Bonchev–Trinajstić information content (AvgIpc) is 3.20. The molecule has 1 fully saturated rings. The van der Waals surface area contributed by atoms with Crippen molar-refractivity contribution in [3.63, 3.8) is 0 Å². The number of hydrogen-bond acceptors (Lipinski definition) is 4. The first-order valence-corrected chi connectivity index (χ1v) is 7.29. The van der Waals surface area contributed by atoms with E-state index in [0.29, 0.717) is 12.2 Å². The van der Waals surface area contributed by atoms with Gasteiger partial charge in [0.15, 0.2) is 5.69 Å². The van der Waals surface area contributed by atoms with Gasteiger partial charge in [-0.2, -0.15) is 9.90 Å². The predicted molar refractivity (Wildman–Crippen MR) is 79.3 cm³/mol. The second-order valence-corrected chi connectivity index (χ2v) is 5.09. The Bertz CT molecular complexity index is 604. The van der Waals surface area contributed by atoms with Gasteiger partial charge in [-0.05, 0) is 32.0 Å². The van der Waals surface area contributed by atoms with E-state index in [1.807, 2.05) is 42.2 Å². The largest absolute Gasteiger partial charge is 0.333 e. The highest BCUT2D eigenvalue weighted by Crippen LogP contribution is 2.12. The van der Waals surface area contributed by atoms with E-state index in [0.717, 1.165) is 25.2 Å². The topological polar surface area (TPSA) is 63.1 Å². The number of amides is 1. The van der Waals surface area contributed by atoms with Gasteiger partial charge in [-0.1, -0.05) is 18.2 Å². The summed E-state index contributed by atoms with van der Waals surface area (Å²) in [6.45, 7) is 4.50. The minimum absolute atomic E-state index is 0.0478. The van der Waals surface area contributed by atoms with Crippen LogP contribution >= 0.6 is 0 Å². The molecule has 1 saturated heterocycles. The van der Waals surface area contributed by atoms with E-state index in [2.05, 4.69) is 15.5 Å². The molecule has 1 aliphatic heterocycles. The second kappa shape index (κ2) is 6.05. The average molecular weight is 285 g/mol. The number of aromatic nitrogens is 3. The fourth-order valence-corrected chi connectivity index (χ4v) is 2.67. The van der Waals surface area contributed by atoms with Crippen LogP contribution in [-0.2, 0) is 0 Å². The van der Waals surface area contributed by atoms with Gasteiger partial charge in [-0.25, -0.2) is 0 Å². The molecule has 0 spiro atoms. The normalized spacial score (nSPS) is 17.9. The molecule has 6 heteroatoms. The van der Waals surface area contributed by atoms with Crippen LogP contribution in [0.1, 0.15) is 23.8 Å². The first-order chi connectivity index (χ1) is 10.3. The zero-order valence-electron chi connectivity index (χ0n) is 12.1. The number of benzene rings is 1. The summed E-state index contributed by atoms with van der Waals surface area (Å²) in [7, 11) is 0. The molecular formula is C15H19N5O. The molecule has 1 N–H and O–H groups in total. The summed E-state index contributed by atoms with van der Waals surface area (Å²) in [5.41, 5.74) is 1.25. The highest BCUT2D eigenvalue weighted by atomic mass is 16.2. The molecule has 2 heterocycles. The van der Waals surface area contributed by atoms with Gasteiger partial charge in [-0.15, -0.1) is 5.10 Å². The maximum absolute atomic E-state index is 12.6. The summed E-state index contributed by atoms with van der Waals surface area (Å²) >= 11 is 0. The molecule has 0 radical (unpaired) electrons. The molecular weight excluding hydrogens is 266 g/mol. The quantitative estimate of drug-likeness (QED) is 0.913. The van der Waals surface area contributed by atoms with Crippen LogP contribution in [0.3, 0.4) is 0 Å². The third-order valence-electron chi connectivity index (χ3n) is 3.77. The molecule has 1 aromatic carbocycles. The van der Waals surface area contributed by atoms with Crippen LogP contribution in [-0.4, -0.2) is 51.5 Å². The van der Waals surface area contributed by atoms with Crippen molar-refractivity contribution in [3.8, 4) is 5.69 Å². The first kappa shape index (κ1) is 13.8. The van der Waals surface area contributed by atoms with Gasteiger partial charge in [0.25, 0.3) is 5.91 Å². The molecule has 1 atom stereocenters. The Balaban J connectivity index is 1.80. The van der Waals surface area contributed by atoms with Crippen LogP contribution < -0.4 is 5.32 Å². The Morgan fingerprint density at radius 1 is 1.43 bits per heavy atom. The smallest absolute Gasteiger partial charge is 0.276 e. The van der Waals surface area contributed by atoms with Crippen LogP contribution in [0.25, 0.3) is 5.69 Å². The Kier molecular flexibility index (Phi) is 3.96. The molecule has 0 saturated carbocycles. The summed E-state index contributed by atoms with van der Waals surface area (Å²) in [5.74, 6) is -0.0478. The van der Waals surface area contributed by atoms with Gasteiger partial charge in [0, 0.05) is 19.1 Å². The zero-order valence-corrected chi connectivity index (χ0v) is 12.1. The molecule has 110 valence electrons. The van der Waals surface area contributed by atoms with Crippen molar-refractivity contribution in [2.24, 2.45) is 0 Å². The first-order valence-electron chi connectivity index (χ1n) is 7.29. The molecule has 1 aliphatic rings. The fraction of sp³-hybridized carbons (Fsp3) is 0.400. The molecule has 0 bridgehead atoms. The lowest BCUT2D eigenvalue weighted by Crippen LogP contribution is -2.41. The Morgan fingerprint density at radius 3 is 2.90 bits per heavy atom. The minimum Gasteiger partial charge on any atom is -0.333 e. The van der Waals surface area contributed by atoms with E-state index in [1.165, 1.54) is 4.80 Å². The van der Waals surface area contributed by atoms with Gasteiger partial charge in [-0.3, -0.25) is 4.79 Å². The number of nitrogens with zero attached hydrogens (tertiary/aromatic N) is 4. The van der Waals surface area contributed by atoms with E-state index in [9.17, 15) is 4.79 Å². The van der Waals surface area contributed by atoms with Gasteiger partial charge >= 0.3 is 0 Å². The fourth-order valence-electron chi connectivity index (χ4n) is 2.67. The summed E-state index contributed by atoms with van der Waals surface area (Å²) in [6.07, 6.45) is 2.53. The molecule has 1 aromatic heterocycles. The van der Waals surface area contributed by atoms with Crippen molar-refractivity contribution in [1.29, 1.82) is 0 Å². The molecule has 21 heavy (non-hydrogen) atoms. The lowest BCUT2D eigenvalue weighted by Gasteiger charge is -2.26. The van der Waals surface area contributed by atoms with E-state index < -0.39 is 0 Å². The van der Waals surface area contributed by atoms with Crippen LogP contribution in [0.4, 0.5) is 0 Å². The summed E-state index contributed by atoms with van der Waals surface area (Å²) < 4.78 is 0. The third-order valence-corrected chi connectivity index (χ3v) is 3.77. The molecule has 6 nitrogen and oxygen atoms in total. The third kappa shape index (κ3) is 2.80. The van der Waals surface area contributed by atoms with Crippen LogP contribution in [0.2, 0.25) is 0 Å². The van der Waals surface area contributed by atoms with Crippen molar-refractivity contribution in [3.05, 3.63) is 42.2 Å². The second-order valence-electron chi connectivity index (χ2n) is 5.09. The summed E-state index contributed by atoms with van der Waals surface area (Å²) in [6, 6.07) is 9.85. The summed E-state index contributed by atoms with van der Waals surface area (Å²) in [5, 5.41) is 11.8. The number of hydrogen-bond donors (Lipinski definition) is 1. The highest BCUT2D eigenvalue weighted by molar-refractivity contribution is 5.92. The standard InChI is InChI=1S/C15H19N5O/c1-2-19(13-8-9-16-10-13)15(21)14-11-17-20(18-14)12-6-4-3-5-7-12/h3-7,11,13,16H,2,8-10H2,1H3. The van der Waals surface area contributed by atoms with Crippen LogP contribution in [0, 0.1) is 0 Å². The number of carbonyl (C=O) groups excluding carboxylic acids is 1. The predicted octanol–water partition coefficient (Wildman–Crippen LogP) is 1.09. The highest BCUT2D eigenvalue weighted by Gasteiger charge is 2.27. The number of likely N-dealkylation sites (N-methyl/N-ethyl adjacent to an activating group) is 1. The Labute approximate surface area is 123 Å².